The van der Waals surface area contributed by atoms with Gasteiger partial charge in [0.2, 0.25) is 5.91 Å². The summed E-state index contributed by atoms with van der Waals surface area (Å²) in [6.45, 7) is 4.06. The Hall–Kier alpha value is -2.14. The average molecular weight is 270 g/mol. The summed E-state index contributed by atoms with van der Waals surface area (Å²) in [7, 11) is 0. The van der Waals surface area contributed by atoms with Gasteiger partial charge in [-0.25, -0.2) is 0 Å². The van der Waals surface area contributed by atoms with Crippen LogP contribution in [-0.2, 0) is 17.9 Å². The Morgan fingerprint density at radius 3 is 2.85 bits per heavy atom. The Kier molecular flexibility index (Phi) is 3.52. The van der Waals surface area contributed by atoms with Gasteiger partial charge in [0, 0.05) is 24.8 Å². The number of hydrogen-bond donors (Lipinski definition) is 1. The molecular formula is C15H18N4O. The zero-order valence-electron chi connectivity index (χ0n) is 11.5. The number of nitrogens with zero attached hydrogens (tertiary/aromatic N) is 3. The van der Waals surface area contributed by atoms with Crippen LogP contribution in [0.1, 0.15) is 24.2 Å². The second kappa shape index (κ2) is 5.46. The summed E-state index contributed by atoms with van der Waals surface area (Å²) in [5, 5.41) is 7.30. The smallest absolute Gasteiger partial charge is 0.235 e. The van der Waals surface area contributed by atoms with Gasteiger partial charge < -0.3 is 5.32 Å². The molecule has 1 atom stereocenters. The fraction of sp³-hybridized carbons (Fsp3) is 0.333. The fourth-order valence-corrected chi connectivity index (χ4v) is 2.52. The number of nitrogens with one attached hydrogen (secondary N) is 1. The molecule has 0 unspecified atom stereocenters. The van der Waals surface area contributed by atoms with Crippen LogP contribution in [0, 0.1) is 0 Å². The first kappa shape index (κ1) is 12.9. The van der Waals surface area contributed by atoms with Crippen molar-refractivity contribution < 1.29 is 4.79 Å². The highest BCUT2D eigenvalue weighted by atomic mass is 16.2. The SMILES string of the molecule is CCn1cc([C@H]2NC(=O)CN2Cc2ccccc2)cn1. The number of rotatable bonds is 4. The molecule has 1 fully saturated rings. The Morgan fingerprint density at radius 1 is 1.35 bits per heavy atom. The Labute approximate surface area is 118 Å². The average Bonchev–Trinajstić information content (AvgIpc) is 3.06. The highest BCUT2D eigenvalue weighted by Gasteiger charge is 2.31. The van der Waals surface area contributed by atoms with Crippen LogP contribution < -0.4 is 5.32 Å². The van der Waals surface area contributed by atoms with Gasteiger partial charge >= 0.3 is 0 Å². The van der Waals surface area contributed by atoms with Gasteiger partial charge in [0.15, 0.2) is 0 Å². The van der Waals surface area contributed by atoms with Crippen LogP contribution in [0.25, 0.3) is 0 Å². The molecule has 2 aromatic rings. The maximum absolute atomic E-state index is 11.7. The van der Waals surface area contributed by atoms with E-state index in [-0.39, 0.29) is 12.1 Å². The Bertz CT molecular complexity index is 593. The monoisotopic (exact) mass is 270 g/mol. The number of aromatic nitrogens is 2. The third-order valence-electron chi connectivity index (χ3n) is 3.53. The molecule has 5 heteroatoms. The van der Waals surface area contributed by atoms with Crippen LogP contribution in [0.5, 0.6) is 0 Å². The molecule has 0 spiro atoms. The van der Waals surface area contributed by atoms with E-state index in [0.29, 0.717) is 6.54 Å². The molecule has 0 radical (unpaired) electrons. The van der Waals surface area contributed by atoms with Gasteiger partial charge in [-0.3, -0.25) is 14.4 Å². The van der Waals surface area contributed by atoms with Gasteiger partial charge in [0.05, 0.1) is 12.7 Å². The molecule has 5 nitrogen and oxygen atoms in total. The van der Waals surface area contributed by atoms with Gasteiger partial charge in [-0.2, -0.15) is 5.10 Å². The van der Waals surface area contributed by atoms with Crippen molar-refractivity contribution in [1.82, 2.24) is 20.0 Å². The van der Waals surface area contributed by atoms with Crippen LogP contribution >= 0.6 is 0 Å². The molecule has 1 aromatic heterocycles. The molecule has 3 rings (SSSR count). The molecule has 104 valence electrons. The van der Waals surface area contributed by atoms with Gasteiger partial charge in [0.1, 0.15) is 6.17 Å². The molecule has 2 heterocycles. The molecule has 0 aliphatic carbocycles. The van der Waals surface area contributed by atoms with Crippen molar-refractivity contribution in [3.8, 4) is 0 Å². The lowest BCUT2D eigenvalue weighted by atomic mass is 10.2. The fourth-order valence-electron chi connectivity index (χ4n) is 2.52. The summed E-state index contributed by atoms with van der Waals surface area (Å²) in [4.78, 5) is 13.9. The lowest BCUT2D eigenvalue weighted by Crippen LogP contribution is -2.27. The molecular weight excluding hydrogens is 252 g/mol. The van der Waals surface area contributed by atoms with Crippen molar-refractivity contribution in [2.24, 2.45) is 0 Å². The van der Waals surface area contributed by atoms with E-state index in [0.717, 1.165) is 18.7 Å². The Morgan fingerprint density at radius 2 is 2.15 bits per heavy atom. The first-order valence-electron chi connectivity index (χ1n) is 6.86. The standard InChI is InChI=1S/C15H18N4O/c1-2-19-10-13(8-16-19)15-17-14(20)11-18(15)9-12-6-4-3-5-7-12/h3-8,10,15H,2,9,11H2,1H3,(H,17,20)/t15-/m0/s1. The third kappa shape index (κ3) is 2.58. The van der Waals surface area contributed by atoms with E-state index in [4.69, 9.17) is 0 Å². The van der Waals surface area contributed by atoms with Crippen molar-refractivity contribution >= 4 is 5.91 Å². The summed E-state index contributed by atoms with van der Waals surface area (Å²) >= 11 is 0. The van der Waals surface area contributed by atoms with Gasteiger partial charge in [-0.05, 0) is 12.5 Å². The van der Waals surface area contributed by atoms with Crippen LogP contribution in [0.15, 0.2) is 42.7 Å². The Balaban J connectivity index is 1.79. The van der Waals surface area contributed by atoms with Gasteiger partial charge in [-0.1, -0.05) is 30.3 Å². The van der Waals surface area contributed by atoms with E-state index >= 15 is 0 Å². The number of carbonyl (C=O) groups excluding carboxylic acids is 1. The van der Waals surface area contributed by atoms with Crippen molar-refractivity contribution in [1.29, 1.82) is 0 Å². The highest BCUT2D eigenvalue weighted by molar-refractivity contribution is 5.80. The van der Waals surface area contributed by atoms with Gasteiger partial charge in [-0.15, -0.1) is 0 Å². The maximum atomic E-state index is 11.7. The highest BCUT2D eigenvalue weighted by Crippen LogP contribution is 2.23. The lowest BCUT2D eigenvalue weighted by Gasteiger charge is -2.22. The predicted molar refractivity (Wildman–Crippen MR) is 75.6 cm³/mol. The largest absolute Gasteiger partial charge is 0.335 e. The minimum absolute atomic E-state index is 0.0650. The van der Waals surface area contributed by atoms with Crippen LogP contribution in [-0.4, -0.2) is 27.1 Å². The third-order valence-corrected chi connectivity index (χ3v) is 3.53. The molecule has 1 aromatic carbocycles. The molecule has 0 bridgehead atoms. The second-order valence-corrected chi connectivity index (χ2v) is 4.99. The van der Waals surface area contributed by atoms with Crippen molar-refractivity contribution in [3.63, 3.8) is 0 Å². The van der Waals surface area contributed by atoms with E-state index in [1.54, 1.807) is 0 Å². The van der Waals surface area contributed by atoms with E-state index in [9.17, 15) is 4.79 Å². The van der Waals surface area contributed by atoms with Gasteiger partial charge in [0.25, 0.3) is 0 Å². The van der Waals surface area contributed by atoms with E-state index in [1.807, 2.05) is 42.2 Å². The first-order valence-corrected chi connectivity index (χ1v) is 6.86. The number of hydrogen-bond acceptors (Lipinski definition) is 3. The van der Waals surface area contributed by atoms with E-state index in [2.05, 4.69) is 27.4 Å². The summed E-state index contributed by atoms with van der Waals surface area (Å²) in [6.07, 6.45) is 3.74. The topological polar surface area (TPSA) is 50.2 Å². The normalized spacial score (nSPS) is 19.2. The molecule has 1 aliphatic heterocycles. The predicted octanol–water partition coefficient (Wildman–Crippen LogP) is 1.53. The van der Waals surface area contributed by atoms with E-state index in [1.165, 1.54) is 5.56 Å². The second-order valence-electron chi connectivity index (χ2n) is 4.99. The molecule has 20 heavy (non-hydrogen) atoms. The number of aryl methyl sites for hydroxylation is 1. The number of benzene rings is 1. The summed E-state index contributed by atoms with van der Waals surface area (Å²) in [5.74, 6) is 0.0650. The number of amides is 1. The summed E-state index contributed by atoms with van der Waals surface area (Å²) < 4.78 is 1.88. The molecule has 1 amide bonds. The van der Waals surface area contributed by atoms with Crippen molar-refractivity contribution in [3.05, 3.63) is 53.9 Å². The zero-order chi connectivity index (χ0) is 13.9. The molecule has 1 aliphatic rings. The van der Waals surface area contributed by atoms with Crippen molar-refractivity contribution in [2.75, 3.05) is 6.54 Å². The minimum Gasteiger partial charge on any atom is -0.335 e. The van der Waals surface area contributed by atoms with Crippen LogP contribution in [0.3, 0.4) is 0 Å². The maximum Gasteiger partial charge on any atom is 0.235 e. The molecule has 1 N–H and O–H groups in total. The lowest BCUT2D eigenvalue weighted by molar-refractivity contribution is -0.118. The van der Waals surface area contributed by atoms with Crippen molar-refractivity contribution in [2.45, 2.75) is 26.2 Å². The van der Waals surface area contributed by atoms with Crippen LogP contribution in [0.2, 0.25) is 0 Å². The van der Waals surface area contributed by atoms with E-state index < -0.39 is 0 Å². The molecule has 0 saturated carbocycles. The zero-order valence-corrected chi connectivity index (χ0v) is 11.5. The minimum atomic E-state index is -0.0805. The van der Waals surface area contributed by atoms with Crippen LogP contribution in [0.4, 0.5) is 0 Å². The number of carbonyl (C=O) groups is 1. The summed E-state index contributed by atoms with van der Waals surface area (Å²) in [5.41, 5.74) is 2.24. The first-order chi connectivity index (χ1) is 9.76. The molecule has 1 saturated heterocycles. The quantitative estimate of drug-likeness (QED) is 0.916. The summed E-state index contributed by atoms with van der Waals surface area (Å²) in [6, 6.07) is 10.2.